The van der Waals surface area contributed by atoms with Crippen molar-refractivity contribution in [3.63, 3.8) is 0 Å². The molecule has 1 aromatic carbocycles. The van der Waals surface area contributed by atoms with Gasteiger partial charge in [-0.25, -0.2) is 4.98 Å². The molecule has 1 aromatic heterocycles. The summed E-state index contributed by atoms with van der Waals surface area (Å²) in [5.41, 5.74) is 2.22. The van der Waals surface area contributed by atoms with Crippen molar-refractivity contribution in [2.75, 3.05) is 0 Å². The fraction of sp³-hybridized carbons (Fsp3) is 0.412. The molecule has 1 heterocycles. The number of rotatable bonds is 5. The Morgan fingerprint density at radius 2 is 1.90 bits per heavy atom. The van der Waals surface area contributed by atoms with E-state index in [0.717, 1.165) is 22.0 Å². The van der Waals surface area contributed by atoms with Crippen LogP contribution >= 0.6 is 11.3 Å². The van der Waals surface area contributed by atoms with Crippen LogP contribution in [0.2, 0.25) is 0 Å². The minimum Gasteiger partial charge on any atom is -0.481 e. The number of nitrogens with zero attached hydrogens (tertiary/aromatic N) is 1. The summed E-state index contributed by atoms with van der Waals surface area (Å²) in [4.78, 5) is 16.7. The number of benzene rings is 1. The molecule has 0 spiro atoms. The minimum absolute atomic E-state index is 0.0563. The highest BCUT2D eigenvalue weighted by atomic mass is 32.1. The predicted molar refractivity (Wildman–Crippen MR) is 86.0 cm³/mol. The quantitative estimate of drug-likeness (QED) is 0.906. The van der Waals surface area contributed by atoms with E-state index in [9.17, 15) is 4.79 Å². The van der Waals surface area contributed by atoms with E-state index in [4.69, 9.17) is 10.1 Å². The first-order valence-corrected chi connectivity index (χ1v) is 7.92. The summed E-state index contributed by atoms with van der Waals surface area (Å²) in [6, 6.07) is 10.2. The Morgan fingerprint density at radius 3 is 2.48 bits per heavy atom. The first-order chi connectivity index (χ1) is 9.86. The van der Waals surface area contributed by atoms with Gasteiger partial charge in [-0.2, -0.15) is 0 Å². The Morgan fingerprint density at radius 1 is 1.24 bits per heavy atom. The summed E-state index contributed by atoms with van der Waals surface area (Å²) in [6.45, 7) is 6.37. The van der Waals surface area contributed by atoms with Crippen LogP contribution < -0.4 is 0 Å². The van der Waals surface area contributed by atoms with E-state index in [1.165, 1.54) is 5.56 Å². The Kier molecular flexibility index (Phi) is 4.78. The topological polar surface area (TPSA) is 50.2 Å². The molecule has 21 heavy (non-hydrogen) atoms. The SMILES string of the molecule is CC(C)(C)c1nc(Cc2ccccc2)sc1CCC(=O)O. The normalized spacial score (nSPS) is 11.6. The van der Waals surface area contributed by atoms with Gasteiger partial charge in [0.2, 0.25) is 0 Å². The van der Waals surface area contributed by atoms with E-state index in [1.807, 2.05) is 18.2 Å². The van der Waals surface area contributed by atoms with Gasteiger partial charge in [-0.1, -0.05) is 51.1 Å². The van der Waals surface area contributed by atoms with Crippen LogP contribution in [-0.4, -0.2) is 16.1 Å². The lowest BCUT2D eigenvalue weighted by atomic mass is 9.90. The monoisotopic (exact) mass is 303 g/mol. The zero-order valence-corrected chi connectivity index (χ0v) is 13.5. The third-order valence-electron chi connectivity index (χ3n) is 3.22. The maximum atomic E-state index is 10.8. The Balaban J connectivity index is 2.25. The molecule has 2 rings (SSSR count). The Hall–Kier alpha value is -1.68. The highest BCUT2D eigenvalue weighted by Crippen LogP contribution is 2.31. The number of thiazole rings is 1. The van der Waals surface area contributed by atoms with Crippen molar-refractivity contribution in [2.24, 2.45) is 0 Å². The summed E-state index contributed by atoms with van der Waals surface area (Å²) in [5, 5.41) is 9.96. The number of aliphatic carboxylic acids is 1. The van der Waals surface area contributed by atoms with Crippen LogP contribution in [0.15, 0.2) is 30.3 Å². The second-order valence-corrected chi connectivity index (χ2v) is 7.35. The summed E-state index contributed by atoms with van der Waals surface area (Å²) in [7, 11) is 0. The molecule has 112 valence electrons. The maximum absolute atomic E-state index is 10.8. The number of aryl methyl sites for hydroxylation is 1. The van der Waals surface area contributed by atoms with Crippen LogP contribution in [0.5, 0.6) is 0 Å². The molecule has 1 N–H and O–H groups in total. The lowest BCUT2D eigenvalue weighted by molar-refractivity contribution is -0.136. The second kappa shape index (κ2) is 6.39. The number of carboxylic acid groups (broad SMARTS) is 1. The van der Waals surface area contributed by atoms with Crippen molar-refractivity contribution in [3.05, 3.63) is 51.5 Å². The van der Waals surface area contributed by atoms with Crippen molar-refractivity contribution in [2.45, 2.75) is 45.4 Å². The molecule has 0 saturated carbocycles. The van der Waals surface area contributed by atoms with Gasteiger partial charge in [-0.15, -0.1) is 11.3 Å². The highest BCUT2D eigenvalue weighted by molar-refractivity contribution is 7.11. The molecule has 0 aliphatic heterocycles. The van der Waals surface area contributed by atoms with Crippen molar-refractivity contribution in [1.82, 2.24) is 4.98 Å². The average molecular weight is 303 g/mol. The zero-order chi connectivity index (χ0) is 15.5. The van der Waals surface area contributed by atoms with E-state index < -0.39 is 5.97 Å². The standard InChI is InChI=1S/C17H21NO2S/c1-17(2,3)16-13(9-10-15(19)20)21-14(18-16)11-12-7-5-4-6-8-12/h4-8H,9-11H2,1-3H3,(H,19,20). The number of carbonyl (C=O) groups is 1. The second-order valence-electron chi connectivity index (χ2n) is 6.19. The van der Waals surface area contributed by atoms with Gasteiger partial charge in [0.15, 0.2) is 0 Å². The van der Waals surface area contributed by atoms with Crippen molar-refractivity contribution >= 4 is 17.3 Å². The molecule has 0 aliphatic rings. The fourth-order valence-corrected chi connectivity index (χ4v) is 3.54. The van der Waals surface area contributed by atoms with Crippen LogP contribution in [0.1, 0.15) is 48.3 Å². The van der Waals surface area contributed by atoms with Crippen LogP contribution in [0.25, 0.3) is 0 Å². The number of carboxylic acids is 1. The third-order valence-corrected chi connectivity index (χ3v) is 4.33. The zero-order valence-electron chi connectivity index (χ0n) is 12.7. The number of hydrogen-bond donors (Lipinski definition) is 1. The summed E-state index contributed by atoms with van der Waals surface area (Å²) < 4.78 is 0. The number of hydrogen-bond acceptors (Lipinski definition) is 3. The maximum Gasteiger partial charge on any atom is 0.303 e. The molecule has 0 fully saturated rings. The van der Waals surface area contributed by atoms with E-state index >= 15 is 0 Å². The molecule has 2 aromatic rings. The molecular formula is C17H21NO2S. The molecular weight excluding hydrogens is 282 g/mol. The van der Waals surface area contributed by atoms with Crippen LogP contribution in [0.4, 0.5) is 0 Å². The Bertz CT molecular complexity index is 611. The van der Waals surface area contributed by atoms with Crippen LogP contribution in [-0.2, 0) is 23.1 Å². The van der Waals surface area contributed by atoms with Gasteiger partial charge in [0.05, 0.1) is 17.1 Å². The van der Waals surface area contributed by atoms with E-state index in [1.54, 1.807) is 11.3 Å². The fourth-order valence-electron chi connectivity index (χ4n) is 2.22. The molecule has 0 amide bonds. The molecule has 0 saturated heterocycles. The molecule has 3 nitrogen and oxygen atoms in total. The lowest BCUT2D eigenvalue weighted by Gasteiger charge is -2.17. The third kappa shape index (κ3) is 4.39. The molecule has 0 radical (unpaired) electrons. The Labute approximate surface area is 129 Å². The molecule has 0 unspecified atom stereocenters. The first-order valence-electron chi connectivity index (χ1n) is 7.11. The predicted octanol–water partition coefficient (Wildman–Crippen LogP) is 4.05. The van der Waals surface area contributed by atoms with Gasteiger partial charge in [0.25, 0.3) is 0 Å². The summed E-state index contributed by atoms with van der Waals surface area (Å²) in [6.07, 6.45) is 1.53. The summed E-state index contributed by atoms with van der Waals surface area (Å²) >= 11 is 1.65. The van der Waals surface area contributed by atoms with Gasteiger partial charge in [-0.05, 0) is 12.0 Å². The summed E-state index contributed by atoms with van der Waals surface area (Å²) in [5.74, 6) is -0.757. The van der Waals surface area contributed by atoms with Crippen LogP contribution in [0.3, 0.4) is 0 Å². The average Bonchev–Trinajstić information content (AvgIpc) is 2.80. The van der Waals surface area contributed by atoms with Crippen molar-refractivity contribution in [3.8, 4) is 0 Å². The van der Waals surface area contributed by atoms with Crippen molar-refractivity contribution < 1.29 is 9.90 Å². The molecule has 0 bridgehead atoms. The van der Waals surface area contributed by atoms with Crippen LogP contribution in [0, 0.1) is 0 Å². The largest absolute Gasteiger partial charge is 0.481 e. The lowest BCUT2D eigenvalue weighted by Crippen LogP contribution is -2.14. The molecule has 4 heteroatoms. The smallest absolute Gasteiger partial charge is 0.303 e. The molecule has 0 atom stereocenters. The van der Waals surface area contributed by atoms with Gasteiger partial charge in [0, 0.05) is 16.7 Å². The van der Waals surface area contributed by atoms with Gasteiger partial charge in [0.1, 0.15) is 0 Å². The van der Waals surface area contributed by atoms with Gasteiger partial charge >= 0.3 is 5.97 Å². The molecule has 0 aliphatic carbocycles. The van der Waals surface area contributed by atoms with E-state index in [2.05, 4.69) is 32.9 Å². The van der Waals surface area contributed by atoms with Crippen molar-refractivity contribution in [1.29, 1.82) is 0 Å². The number of aromatic nitrogens is 1. The van der Waals surface area contributed by atoms with Gasteiger partial charge < -0.3 is 5.11 Å². The highest BCUT2D eigenvalue weighted by Gasteiger charge is 2.23. The van der Waals surface area contributed by atoms with Gasteiger partial charge in [-0.3, -0.25) is 4.79 Å². The first kappa shape index (κ1) is 15.7. The van der Waals surface area contributed by atoms with E-state index in [-0.39, 0.29) is 11.8 Å². The minimum atomic E-state index is -0.757. The van der Waals surface area contributed by atoms with E-state index in [0.29, 0.717) is 6.42 Å².